The molecule has 4 nitrogen and oxygen atoms in total. The first-order valence-corrected chi connectivity index (χ1v) is 6.07. The van der Waals surface area contributed by atoms with E-state index in [0.717, 1.165) is 29.8 Å². The first-order chi connectivity index (χ1) is 8.20. The van der Waals surface area contributed by atoms with Crippen molar-refractivity contribution in [3.05, 3.63) is 24.5 Å². The van der Waals surface area contributed by atoms with Gasteiger partial charge in [-0.2, -0.15) is 0 Å². The second kappa shape index (κ2) is 5.19. The summed E-state index contributed by atoms with van der Waals surface area (Å²) in [7, 11) is 0. The fraction of sp³-hybridized carbons (Fsp3) is 0.462. The van der Waals surface area contributed by atoms with Gasteiger partial charge in [-0.25, -0.2) is 4.98 Å². The highest BCUT2D eigenvalue weighted by Gasteiger charge is 2.10. The first-order valence-electron chi connectivity index (χ1n) is 6.07. The Labute approximate surface area is 102 Å². The summed E-state index contributed by atoms with van der Waals surface area (Å²) in [5, 5.41) is 3.43. The monoisotopic (exact) mass is 232 g/mol. The summed E-state index contributed by atoms with van der Waals surface area (Å²) >= 11 is 0. The standard InChI is InChI=1S/C13H20N4/c1-9(2)10(6-14)7-15-11-3-4-12-13(5-11)17-8-16-12/h3-5,8-10,15H,6-7,14H2,1-2H3,(H,16,17). The molecule has 0 aliphatic heterocycles. The van der Waals surface area contributed by atoms with Crippen LogP contribution in [0.3, 0.4) is 0 Å². The van der Waals surface area contributed by atoms with Crippen LogP contribution in [0.15, 0.2) is 24.5 Å². The van der Waals surface area contributed by atoms with E-state index in [1.165, 1.54) is 0 Å². The van der Waals surface area contributed by atoms with Crippen molar-refractivity contribution in [2.24, 2.45) is 17.6 Å². The first kappa shape index (κ1) is 11.9. The Kier molecular flexibility index (Phi) is 3.64. The fourth-order valence-corrected chi connectivity index (χ4v) is 1.89. The molecule has 0 bridgehead atoms. The Balaban J connectivity index is 2.02. The lowest BCUT2D eigenvalue weighted by molar-refractivity contribution is 0.413. The average molecular weight is 232 g/mol. The van der Waals surface area contributed by atoms with E-state index < -0.39 is 0 Å². The minimum atomic E-state index is 0.507. The number of nitrogens with two attached hydrogens (primary N) is 1. The summed E-state index contributed by atoms with van der Waals surface area (Å²) in [5.74, 6) is 1.11. The van der Waals surface area contributed by atoms with Crippen molar-refractivity contribution in [1.82, 2.24) is 9.97 Å². The molecule has 0 saturated heterocycles. The SMILES string of the molecule is CC(C)C(CN)CNc1ccc2nc[nH]c2c1. The van der Waals surface area contributed by atoms with Gasteiger partial charge in [0.25, 0.3) is 0 Å². The third-order valence-electron chi connectivity index (χ3n) is 3.23. The Morgan fingerprint density at radius 3 is 2.94 bits per heavy atom. The van der Waals surface area contributed by atoms with E-state index in [-0.39, 0.29) is 0 Å². The van der Waals surface area contributed by atoms with Crippen LogP contribution in [0.4, 0.5) is 5.69 Å². The zero-order valence-electron chi connectivity index (χ0n) is 10.4. The Bertz CT molecular complexity index is 475. The second-order valence-corrected chi connectivity index (χ2v) is 4.76. The third kappa shape index (κ3) is 2.77. The van der Waals surface area contributed by atoms with Gasteiger partial charge in [-0.1, -0.05) is 13.8 Å². The summed E-state index contributed by atoms with van der Waals surface area (Å²) in [5.41, 5.74) is 8.92. The van der Waals surface area contributed by atoms with E-state index in [1.54, 1.807) is 6.33 Å². The van der Waals surface area contributed by atoms with Gasteiger partial charge in [0.05, 0.1) is 17.4 Å². The minimum Gasteiger partial charge on any atom is -0.385 e. The molecule has 1 atom stereocenters. The molecule has 0 amide bonds. The van der Waals surface area contributed by atoms with Crippen LogP contribution in [0, 0.1) is 11.8 Å². The zero-order valence-corrected chi connectivity index (χ0v) is 10.4. The van der Waals surface area contributed by atoms with E-state index in [0.29, 0.717) is 11.8 Å². The highest BCUT2D eigenvalue weighted by molar-refractivity contribution is 5.78. The van der Waals surface area contributed by atoms with Crippen molar-refractivity contribution in [2.75, 3.05) is 18.4 Å². The van der Waals surface area contributed by atoms with E-state index in [2.05, 4.69) is 41.3 Å². The van der Waals surface area contributed by atoms with E-state index in [4.69, 9.17) is 5.73 Å². The number of aromatic nitrogens is 2. The number of nitrogens with zero attached hydrogens (tertiary/aromatic N) is 1. The largest absolute Gasteiger partial charge is 0.385 e. The molecule has 17 heavy (non-hydrogen) atoms. The minimum absolute atomic E-state index is 0.507. The van der Waals surface area contributed by atoms with Gasteiger partial charge < -0.3 is 16.0 Å². The van der Waals surface area contributed by atoms with Crippen molar-refractivity contribution >= 4 is 16.7 Å². The summed E-state index contributed by atoms with van der Waals surface area (Å²) in [6, 6.07) is 6.15. The van der Waals surface area contributed by atoms with Crippen molar-refractivity contribution in [2.45, 2.75) is 13.8 Å². The summed E-state index contributed by atoms with van der Waals surface area (Å²) in [6.07, 6.45) is 1.71. The average Bonchev–Trinajstić information content (AvgIpc) is 2.76. The maximum Gasteiger partial charge on any atom is 0.0931 e. The highest BCUT2D eigenvalue weighted by atomic mass is 14.9. The summed E-state index contributed by atoms with van der Waals surface area (Å²) in [4.78, 5) is 7.30. The fourth-order valence-electron chi connectivity index (χ4n) is 1.89. The zero-order chi connectivity index (χ0) is 12.3. The lowest BCUT2D eigenvalue weighted by Crippen LogP contribution is -2.27. The molecule has 4 heteroatoms. The molecular weight excluding hydrogens is 212 g/mol. The number of hydrogen-bond donors (Lipinski definition) is 3. The van der Waals surface area contributed by atoms with Crippen LogP contribution in [-0.4, -0.2) is 23.1 Å². The lowest BCUT2D eigenvalue weighted by Gasteiger charge is -2.19. The predicted octanol–water partition coefficient (Wildman–Crippen LogP) is 2.21. The molecule has 0 aliphatic carbocycles. The molecule has 4 N–H and O–H groups in total. The topological polar surface area (TPSA) is 66.7 Å². The van der Waals surface area contributed by atoms with Gasteiger partial charge in [0.2, 0.25) is 0 Å². The number of nitrogens with one attached hydrogen (secondary N) is 2. The van der Waals surface area contributed by atoms with E-state index in [1.807, 2.05) is 6.07 Å². The molecule has 0 fully saturated rings. The molecule has 0 saturated carbocycles. The normalized spacial score (nSPS) is 13.2. The number of hydrogen-bond acceptors (Lipinski definition) is 3. The molecule has 1 heterocycles. The van der Waals surface area contributed by atoms with Gasteiger partial charge >= 0.3 is 0 Å². The summed E-state index contributed by atoms with van der Waals surface area (Å²) < 4.78 is 0. The molecular formula is C13H20N4. The van der Waals surface area contributed by atoms with E-state index in [9.17, 15) is 0 Å². The van der Waals surface area contributed by atoms with Gasteiger partial charge in [-0.05, 0) is 36.6 Å². The number of fused-ring (bicyclic) bond motifs is 1. The maximum atomic E-state index is 5.76. The van der Waals surface area contributed by atoms with Gasteiger partial charge in [0, 0.05) is 12.2 Å². The van der Waals surface area contributed by atoms with Crippen LogP contribution >= 0.6 is 0 Å². The van der Waals surface area contributed by atoms with Crippen LogP contribution in [0.2, 0.25) is 0 Å². The molecule has 0 radical (unpaired) electrons. The molecule has 0 spiro atoms. The number of imidazole rings is 1. The van der Waals surface area contributed by atoms with E-state index >= 15 is 0 Å². The van der Waals surface area contributed by atoms with Crippen molar-refractivity contribution < 1.29 is 0 Å². The molecule has 1 unspecified atom stereocenters. The van der Waals surface area contributed by atoms with Crippen molar-refractivity contribution in [3.8, 4) is 0 Å². The number of H-pyrrole nitrogens is 1. The number of benzene rings is 1. The van der Waals surface area contributed by atoms with Crippen LogP contribution in [0.25, 0.3) is 11.0 Å². The Hall–Kier alpha value is -1.55. The van der Waals surface area contributed by atoms with Crippen LogP contribution in [-0.2, 0) is 0 Å². The summed E-state index contributed by atoms with van der Waals surface area (Å²) in [6.45, 7) is 6.04. The van der Waals surface area contributed by atoms with Gasteiger partial charge in [0.1, 0.15) is 0 Å². The van der Waals surface area contributed by atoms with Gasteiger partial charge in [-0.15, -0.1) is 0 Å². The Morgan fingerprint density at radius 1 is 1.41 bits per heavy atom. The Morgan fingerprint density at radius 2 is 2.24 bits per heavy atom. The molecule has 1 aromatic heterocycles. The molecule has 2 rings (SSSR count). The third-order valence-corrected chi connectivity index (χ3v) is 3.23. The number of aromatic amines is 1. The second-order valence-electron chi connectivity index (χ2n) is 4.76. The van der Waals surface area contributed by atoms with Crippen LogP contribution in [0.5, 0.6) is 0 Å². The van der Waals surface area contributed by atoms with Gasteiger partial charge in [-0.3, -0.25) is 0 Å². The molecule has 92 valence electrons. The maximum absolute atomic E-state index is 5.76. The predicted molar refractivity (Wildman–Crippen MR) is 72.0 cm³/mol. The number of anilines is 1. The van der Waals surface area contributed by atoms with Crippen LogP contribution in [0.1, 0.15) is 13.8 Å². The smallest absolute Gasteiger partial charge is 0.0931 e. The van der Waals surface area contributed by atoms with Crippen LogP contribution < -0.4 is 11.1 Å². The van der Waals surface area contributed by atoms with Crippen molar-refractivity contribution in [3.63, 3.8) is 0 Å². The molecule has 0 aliphatic rings. The molecule has 2 aromatic rings. The quantitative estimate of drug-likeness (QED) is 0.740. The molecule has 1 aromatic carbocycles. The lowest BCUT2D eigenvalue weighted by atomic mass is 9.96. The van der Waals surface area contributed by atoms with Crippen molar-refractivity contribution in [1.29, 1.82) is 0 Å². The number of rotatable bonds is 5. The highest BCUT2D eigenvalue weighted by Crippen LogP contribution is 2.17. The van der Waals surface area contributed by atoms with Gasteiger partial charge in [0.15, 0.2) is 0 Å².